The molecule has 0 aliphatic rings. The zero-order chi connectivity index (χ0) is 13.0. The minimum Gasteiger partial charge on any atom is -0.397 e. The van der Waals surface area contributed by atoms with Gasteiger partial charge in [0.2, 0.25) is 0 Å². The molecule has 1 atom stereocenters. The molecule has 2 aromatic rings. The molecular formula is C14H19N3S. The number of thiophene rings is 1. The Morgan fingerprint density at radius 3 is 2.83 bits per heavy atom. The maximum absolute atomic E-state index is 5.62. The monoisotopic (exact) mass is 261 g/mol. The highest BCUT2D eigenvalue weighted by molar-refractivity contribution is 7.10. The van der Waals surface area contributed by atoms with Gasteiger partial charge in [0.15, 0.2) is 0 Å². The van der Waals surface area contributed by atoms with Crippen molar-refractivity contribution >= 4 is 17.0 Å². The van der Waals surface area contributed by atoms with Crippen molar-refractivity contribution in [3.05, 3.63) is 46.4 Å². The molecule has 2 aromatic heterocycles. The molecular weight excluding hydrogens is 242 g/mol. The topological polar surface area (TPSA) is 42.1 Å². The first kappa shape index (κ1) is 13.1. The summed E-state index contributed by atoms with van der Waals surface area (Å²) in [5.74, 6) is 0. The fourth-order valence-electron chi connectivity index (χ4n) is 1.81. The molecule has 0 amide bonds. The van der Waals surface area contributed by atoms with Gasteiger partial charge in [-0.15, -0.1) is 11.3 Å². The number of aromatic nitrogens is 1. The molecule has 0 spiro atoms. The number of nitrogens with zero attached hydrogens (tertiary/aromatic N) is 2. The van der Waals surface area contributed by atoms with E-state index in [1.54, 1.807) is 6.20 Å². The maximum Gasteiger partial charge on any atom is 0.0501 e. The van der Waals surface area contributed by atoms with E-state index < -0.39 is 0 Å². The molecule has 3 nitrogen and oxygen atoms in total. The third kappa shape index (κ3) is 3.31. The molecule has 0 saturated heterocycles. The third-order valence-electron chi connectivity index (χ3n) is 3.18. The van der Waals surface area contributed by atoms with E-state index in [9.17, 15) is 0 Å². The second-order valence-electron chi connectivity index (χ2n) is 4.50. The van der Waals surface area contributed by atoms with Gasteiger partial charge in [0.1, 0.15) is 0 Å². The Kier molecular flexibility index (Phi) is 4.33. The minimum absolute atomic E-state index is 0.457. The first-order valence-electron chi connectivity index (χ1n) is 6.11. The molecule has 0 aliphatic carbocycles. The molecule has 2 rings (SSSR count). The molecule has 2 N–H and O–H groups in total. The van der Waals surface area contributed by atoms with E-state index in [1.807, 2.05) is 23.5 Å². The molecule has 2 heterocycles. The average molecular weight is 261 g/mol. The van der Waals surface area contributed by atoms with Crippen LogP contribution in [0.2, 0.25) is 0 Å². The van der Waals surface area contributed by atoms with Crippen molar-refractivity contribution in [2.75, 3.05) is 19.3 Å². The van der Waals surface area contributed by atoms with Gasteiger partial charge in [0.05, 0.1) is 11.9 Å². The molecule has 0 radical (unpaired) electrons. The third-order valence-corrected chi connectivity index (χ3v) is 4.23. The predicted octanol–water partition coefficient (Wildman–Crippen LogP) is 2.96. The van der Waals surface area contributed by atoms with Crippen LogP contribution in [0, 0.1) is 0 Å². The quantitative estimate of drug-likeness (QED) is 0.899. The van der Waals surface area contributed by atoms with Crippen molar-refractivity contribution in [2.24, 2.45) is 0 Å². The van der Waals surface area contributed by atoms with E-state index in [0.29, 0.717) is 6.04 Å². The van der Waals surface area contributed by atoms with Crippen LogP contribution < -0.4 is 5.73 Å². The number of pyridine rings is 1. The molecule has 0 bridgehead atoms. The van der Waals surface area contributed by atoms with Gasteiger partial charge in [-0.3, -0.25) is 9.88 Å². The number of rotatable bonds is 5. The normalized spacial score (nSPS) is 12.8. The van der Waals surface area contributed by atoms with Gasteiger partial charge in [0.25, 0.3) is 0 Å². The molecule has 4 heteroatoms. The van der Waals surface area contributed by atoms with Gasteiger partial charge in [-0.2, -0.15) is 0 Å². The molecule has 96 valence electrons. The molecule has 0 fully saturated rings. The lowest BCUT2D eigenvalue weighted by Gasteiger charge is -2.23. The van der Waals surface area contributed by atoms with Gasteiger partial charge in [-0.25, -0.2) is 0 Å². The van der Waals surface area contributed by atoms with Crippen LogP contribution in [0.15, 0.2) is 35.8 Å². The van der Waals surface area contributed by atoms with Gasteiger partial charge >= 0.3 is 0 Å². The standard InChI is InChI=1S/C14H19N3S/c1-11(14-4-3-9-18-14)17(2)8-7-13-6-5-12(15)10-16-13/h3-6,9-11H,7-8,15H2,1-2H3. The zero-order valence-electron chi connectivity index (χ0n) is 10.8. The smallest absolute Gasteiger partial charge is 0.0501 e. The lowest BCUT2D eigenvalue weighted by atomic mass is 10.2. The zero-order valence-corrected chi connectivity index (χ0v) is 11.7. The summed E-state index contributed by atoms with van der Waals surface area (Å²) in [6.07, 6.45) is 2.67. The van der Waals surface area contributed by atoms with Crippen LogP contribution in [-0.2, 0) is 6.42 Å². The van der Waals surface area contributed by atoms with Gasteiger partial charge in [0, 0.05) is 29.6 Å². The van der Waals surface area contributed by atoms with Crippen molar-refractivity contribution in [1.82, 2.24) is 9.88 Å². The van der Waals surface area contributed by atoms with Crippen molar-refractivity contribution in [3.63, 3.8) is 0 Å². The maximum atomic E-state index is 5.62. The lowest BCUT2D eigenvalue weighted by molar-refractivity contribution is 0.267. The summed E-state index contributed by atoms with van der Waals surface area (Å²) in [6, 6.07) is 8.65. The molecule has 18 heavy (non-hydrogen) atoms. The largest absolute Gasteiger partial charge is 0.397 e. The summed E-state index contributed by atoms with van der Waals surface area (Å²) in [4.78, 5) is 8.08. The van der Waals surface area contributed by atoms with E-state index in [4.69, 9.17) is 5.73 Å². The minimum atomic E-state index is 0.457. The van der Waals surface area contributed by atoms with Gasteiger partial charge in [-0.1, -0.05) is 6.07 Å². The fraction of sp³-hybridized carbons (Fsp3) is 0.357. The fourth-order valence-corrected chi connectivity index (χ4v) is 2.66. The number of hydrogen-bond donors (Lipinski definition) is 1. The number of likely N-dealkylation sites (N-methyl/N-ethyl adjacent to an activating group) is 1. The Morgan fingerprint density at radius 1 is 1.39 bits per heavy atom. The Morgan fingerprint density at radius 2 is 2.22 bits per heavy atom. The van der Waals surface area contributed by atoms with Crippen LogP contribution in [0.5, 0.6) is 0 Å². The van der Waals surface area contributed by atoms with Crippen LogP contribution in [0.1, 0.15) is 23.5 Å². The van der Waals surface area contributed by atoms with Crippen LogP contribution >= 0.6 is 11.3 Å². The Bertz CT molecular complexity index is 464. The number of nitrogen functional groups attached to an aromatic ring is 1. The second-order valence-corrected chi connectivity index (χ2v) is 5.48. The van der Waals surface area contributed by atoms with Crippen LogP contribution in [-0.4, -0.2) is 23.5 Å². The van der Waals surface area contributed by atoms with E-state index in [-0.39, 0.29) is 0 Å². The van der Waals surface area contributed by atoms with Gasteiger partial charge < -0.3 is 5.73 Å². The van der Waals surface area contributed by atoms with Crippen molar-refractivity contribution in [1.29, 1.82) is 0 Å². The summed E-state index contributed by atoms with van der Waals surface area (Å²) < 4.78 is 0. The van der Waals surface area contributed by atoms with Crippen molar-refractivity contribution < 1.29 is 0 Å². The molecule has 0 saturated carbocycles. The molecule has 1 unspecified atom stereocenters. The van der Waals surface area contributed by atoms with Crippen LogP contribution in [0.4, 0.5) is 5.69 Å². The number of nitrogens with two attached hydrogens (primary N) is 1. The highest BCUT2D eigenvalue weighted by Crippen LogP contribution is 2.23. The van der Waals surface area contributed by atoms with E-state index >= 15 is 0 Å². The summed E-state index contributed by atoms with van der Waals surface area (Å²) in [6.45, 7) is 3.23. The summed E-state index contributed by atoms with van der Waals surface area (Å²) >= 11 is 1.81. The van der Waals surface area contributed by atoms with E-state index in [2.05, 4.69) is 41.4 Å². The average Bonchev–Trinajstić information content (AvgIpc) is 2.90. The summed E-state index contributed by atoms with van der Waals surface area (Å²) in [7, 11) is 2.15. The van der Waals surface area contributed by atoms with Crippen molar-refractivity contribution in [3.8, 4) is 0 Å². The Hall–Kier alpha value is -1.39. The second kappa shape index (κ2) is 5.98. The van der Waals surface area contributed by atoms with Crippen LogP contribution in [0.25, 0.3) is 0 Å². The number of hydrogen-bond acceptors (Lipinski definition) is 4. The highest BCUT2D eigenvalue weighted by atomic mass is 32.1. The molecule has 0 aliphatic heterocycles. The van der Waals surface area contributed by atoms with Crippen LogP contribution in [0.3, 0.4) is 0 Å². The number of anilines is 1. The molecule has 0 aromatic carbocycles. The van der Waals surface area contributed by atoms with E-state index in [0.717, 1.165) is 24.3 Å². The Labute approximate surface area is 112 Å². The lowest BCUT2D eigenvalue weighted by Crippen LogP contribution is -2.24. The van der Waals surface area contributed by atoms with E-state index in [1.165, 1.54) is 4.88 Å². The summed E-state index contributed by atoms with van der Waals surface area (Å²) in [5.41, 5.74) is 7.44. The Balaban J connectivity index is 1.88. The first-order valence-corrected chi connectivity index (χ1v) is 6.99. The predicted molar refractivity (Wildman–Crippen MR) is 77.7 cm³/mol. The summed E-state index contributed by atoms with van der Waals surface area (Å²) in [5, 5.41) is 2.13. The highest BCUT2D eigenvalue weighted by Gasteiger charge is 2.12. The SMILES string of the molecule is CC(c1cccs1)N(C)CCc1ccc(N)cn1. The van der Waals surface area contributed by atoms with Crippen molar-refractivity contribution in [2.45, 2.75) is 19.4 Å². The van der Waals surface area contributed by atoms with Gasteiger partial charge in [-0.05, 0) is 37.6 Å². The first-order chi connectivity index (χ1) is 8.66.